The van der Waals surface area contributed by atoms with Crippen LogP contribution in [0.3, 0.4) is 0 Å². The number of aryl methyl sites for hydroxylation is 6. The van der Waals surface area contributed by atoms with E-state index in [0.29, 0.717) is 0 Å². The molecule has 6 aromatic heterocycles. The summed E-state index contributed by atoms with van der Waals surface area (Å²) in [5, 5.41) is 28.8. The Morgan fingerprint density at radius 1 is 0.371 bits per heavy atom. The van der Waals surface area contributed by atoms with Gasteiger partial charge in [-0.2, -0.15) is 0 Å². The van der Waals surface area contributed by atoms with Crippen molar-refractivity contribution in [2.75, 3.05) is 0 Å². The minimum Gasteiger partial charge on any atom is -0.512 e. The number of nitrogens with zero attached hydrogens (tertiary/aromatic N) is 3. The molecule has 12 rings (SSSR count). The van der Waals surface area contributed by atoms with Gasteiger partial charge in [0.15, 0.2) is 17.3 Å². The molecule has 15 heteroatoms. The average molecular weight is 1990 g/mol. The predicted octanol–water partition coefficient (Wildman–Crippen LogP) is 25.1. The van der Waals surface area contributed by atoms with Gasteiger partial charge in [-0.15, -0.1) is 140 Å². The summed E-state index contributed by atoms with van der Waals surface area (Å²) in [6.07, 6.45) is 9.50. The third-order valence-corrected chi connectivity index (χ3v) is 19.6. The van der Waals surface area contributed by atoms with Crippen LogP contribution in [0.2, 0.25) is 0 Å². The minimum atomic E-state index is -0.125. The van der Waals surface area contributed by atoms with Gasteiger partial charge in [0.25, 0.3) is 0 Å². The molecular weight excluding hydrogens is 1890 g/mol. The molecule has 0 bridgehead atoms. The molecular formula is C90H96Ir3N3O6S3-3. The Morgan fingerprint density at radius 3 is 0.952 bits per heavy atom. The van der Waals surface area contributed by atoms with Gasteiger partial charge < -0.3 is 30.3 Å². The van der Waals surface area contributed by atoms with Crippen molar-refractivity contribution in [2.24, 2.45) is 0 Å². The number of rotatable bonds is 9. The van der Waals surface area contributed by atoms with E-state index in [9.17, 15) is 14.4 Å². The van der Waals surface area contributed by atoms with Crippen molar-refractivity contribution in [1.29, 1.82) is 0 Å². The van der Waals surface area contributed by atoms with E-state index in [1.54, 1.807) is 11.3 Å². The Bertz CT molecular complexity index is 4950. The Balaban J connectivity index is 0.000000289. The van der Waals surface area contributed by atoms with E-state index in [-0.39, 0.29) is 111 Å². The van der Waals surface area contributed by atoms with Gasteiger partial charge >= 0.3 is 0 Å². The fourth-order valence-corrected chi connectivity index (χ4v) is 14.7. The van der Waals surface area contributed by atoms with E-state index in [1.165, 1.54) is 171 Å². The van der Waals surface area contributed by atoms with Crippen molar-refractivity contribution in [3.8, 4) is 65.1 Å². The van der Waals surface area contributed by atoms with E-state index in [2.05, 4.69) is 249 Å². The van der Waals surface area contributed by atoms with Crippen LogP contribution in [0.1, 0.15) is 154 Å². The molecule has 0 aliphatic carbocycles. The molecule has 0 spiro atoms. The third-order valence-electron chi connectivity index (χ3n) is 16.3. The standard InChI is InChI=1S/C26H26NS.C25H24NS.C24H22NS.3C5H8O2.3Ir/c1-16-10-17(2)25(18(3)11-16)23-14-20-13-22(27-15-24(20)28-23)19-8-7-9-21(12-19)26(4,5)6;1-16-8-6-9-17(2)24(16)22-14-19-13-21(26-15-23(19)27-22)18-10-7-11-20(12-18)25(3,4)5;1-16-8-10-17(11-9-16)22-14-19-13-21(25-15-23(19)26-22)18-6-5-7-20(12-18)24(2,3)4;3*1-4(6)3-5(2)7;;;/h7,9-15H,1-6H3;6-9,11-15H,1-5H3;5,7-15H,1-4H3;3*3,6H,1-2H3;;;/q3*-1;;;;;;. The number of carbonyl (C=O) groups is 3. The molecule has 12 aromatic rings. The fourth-order valence-electron chi connectivity index (χ4n) is 11.3. The fraction of sp³-hybridized carbons (Fsp3) is 0.267. The maximum atomic E-state index is 10.0. The topological polar surface area (TPSA) is 151 Å². The first kappa shape index (κ1) is 89.6. The van der Waals surface area contributed by atoms with Crippen LogP contribution >= 0.6 is 34.0 Å². The summed E-state index contributed by atoms with van der Waals surface area (Å²) in [5.74, 6) is -0.187. The largest absolute Gasteiger partial charge is 0.512 e. The number of hydrogen-bond acceptors (Lipinski definition) is 12. The first-order chi connectivity index (χ1) is 47.8. The normalized spacial score (nSPS) is 11.5. The summed E-state index contributed by atoms with van der Waals surface area (Å²) < 4.78 is 3.67. The SMILES string of the molecule is CC(=O)C=C(C)O.CC(=O)C=C(C)O.CC(=O)C=C(C)O.Cc1cc(C)c(-c2cc3cc(-c4[c-]ccc(C(C)(C)C)c4)ncc3s2)c(C)c1.Cc1ccc(-c2cc3cc(-c4[c-]ccc(C(C)(C)C)c4)ncc3s2)cc1.Cc1cccc(C)c1-c1cc2cc(-c3[c-]ccc(C(C)(C)C)c3)ncc2s1.[Ir].[Ir].[Ir]. The van der Waals surface area contributed by atoms with E-state index < -0.39 is 0 Å². The Morgan fingerprint density at radius 2 is 0.667 bits per heavy atom. The van der Waals surface area contributed by atoms with Crippen LogP contribution in [0.5, 0.6) is 0 Å². The number of pyridine rings is 3. The number of allylic oxidation sites excluding steroid dienone is 6. The van der Waals surface area contributed by atoms with Crippen LogP contribution in [0.15, 0.2) is 200 Å². The molecule has 0 aliphatic heterocycles. The van der Waals surface area contributed by atoms with Crippen molar-refractivity contribution in [1.82, 2.24) is 15.0 Å². The number of aromatic nitrogens is 3. The zero-order valence-corrected chi connectivity index (χ0v) is 73.6. The van der Waals surface area contributed by atoms with Crippen molar-refractivity contribution >= 4 is 81.6 Å². The van der Waals surface area contributed by atoms with Gasteiger partial charge in [0.05, 0.1) is 31.4 Å². The van der Waals surface area contributed by atoms with Crippen molar-refractivity contribution in [3.63, 3.8) is 0 Å². The molecule has 0 unspecified atom stereocenters. The van der Waals surface area contributed by atoms with Gasteiger partial charge in [0, 0.05) is 112 Å². The molecule has 555 valence electrons. The maximum absolute atomic E-state index is 10.0. The van der Waals surface area contributed by atoms with E-state index in [4.69, 9.17) is 30.3 Å². The van der Waals surface area contributed by atoms with Gasteiger partial charge in [0.1, 0.15) is 0 Å². The Labute approximate surface area is 675 Å². The predicted molar refractivity (Wildman–Crippen MR) is 434 cm³/mol. The van der Waals surface area contributed by atoms with Crippen molar-refractivity contribution in [3.05, 3.63) is 268 Å². The summed E-state index contributed by atoms with van der Waals surface area (Å²) in [5.41, 5.74) is 22.3. The molecule has 0 fully saturated rings. The van der Waals surface area contributed by atoms with Gasteiger partial charge in [-0.05, 0) is 190 Å². The molecule has 0 saturated heterocycles. The average Bonchev–Trinajstić information content (AvgIpc) is 1.68. The van der Waals surface area contributed by atoms with Crippen LogP contribution in [-0.4, -0.2) is 47.6 Å². The summed E-state index contributed by atoms with van der Waals surface area (Å²) in [4.78, 5) is 48.1. The second-order valence-corrected chi connectivity index (χ2v) is 32.2. The molecule has 0 amide bonds. The monoisotopic (exact) mass is 1990 g/mol. The molecule has 0 atom stereocenters. The Hall–Kier alpha value is -7.77. The van der Waals surface area contributed by atoms with Crippen LogP contribution in [-0.2, 0) is 90.9 Å². The summed E-state index contributed by atoms with van der Waals surface area (Å²) >= 11 is 5.44. The third kappa shape index (κ3) is 26.6. The van der Waals surface area contributed by atoms with E-state index >= 15 is 0 Å². The number of carbonyl (C=O) groups excluding carboxylic acids is 3. The molecule has 3 radical (unpaired) electrons. The summed E-state index contributed by atoms with van der Waals surface area (Å²) in [6.45, 7) is 41.7. The number of aliphatic hydroxyl groups excluding tert-OH is 3. The first-order valence-electron chi connectivity index (χ1n) is 33.9. The Kier molecular flexibility index (Phi) is 33.9. The zero-order chi connectivity index (χ0) is 75.1. The van der Waals surface area contributed by atoms with Crippen LogP contribution < -0.4 is 0 Å². The number of ketones is 3. The van der Waals surface area contributed by atoms with Crippen molar-refractivity contribution in [2.45, 2.75) is 162 Å². The number of benzene rings is 6. The number of fused-ring (bicyclic) bond motifs is 3. The van der Waals surface area contributed by atoms with E-state index in [1.807, 2.05) is 59.5 Å². The minimum absolute atomic E-state index is 0. The first-order valence-corrected chi connectivity index (χ1v) is 36.4. The second kappa shape index (κ2) is 39.7. The zero-order valence-electron chi connectivity index (χ0n) is 64.0. The van der Waals surface area contributed by atoms with Gasteiger partial charge in [0.2, 0.25) is 0 Å². The molecule has 0 saturated carbocycles. The molecule has 3 N–H and O–H groups in total. The number of aliphatic hydroxyl groups is 3. The summed E-state index contributed by atoms with van der Waals surface area (Å²) in [7, 11) is 0. The van der Waals surface area contributed by atoms with Crippen molar-refractivity contribution < 1.29 is 90.0 Å². The maximum Gasteiger partial charge on any atom is 0.155 e. The number of thiophene rings is 3. The second-order valence-electron chi connectivity index (χ2n) is 29.0. The van der Waals surface area contributed by atoms with Crippen LogP contribution in [0.25, 0.3) is 95.4 Å². The van der Waals surface area contributed by atoms with Gasteiger partial charge in [-0.1, -0.05) is 146 Å². The smallest absolute Gasteiger partial charge is 0.155 e. The summed E-state index contributed by atoms with van der Waals surface area (Å²) in [6, 6.07) is 62.4. The van der Waals surface area contributed by atoms with Crippen LogP contribution in [0, 0.1) is 59.7 Å². The molecule has 6 aromatic carbocycles. The van der Waals surface area contributed by atoms with E-state index in [0.717, 1.165) is 33.8 Å². The number of hydrogen-bond donors (Lipinski definition) is 3. The molecule has 105 heavy (non-hydrogen) atoms. The molecule has 0 aliphatic rings. The van der Waals surface area contributed by atoms with Crippen LogP contribution in [0.4, 0.5) is 0 Å². The van der Waals surface area contributed by atoms with Gasteiger partial charge in [-0.3, -0.25) is 14.4 Å². The van der Waals surface area contributed by atoms with Gasteiger partial charge in [-0.25, -0.2) is 0 Å². The molecule has 9 nitrogen and oxygen atoms in total. The molecule has 6 heterocycles. The quantitative estimate of drug-likeness (QED) is 0.0729.